The molecule has 0 saturated carbocycles. The number of hydrogen-bond donors (Lipinski definition) is 0. The highest BCUT2D eigenvalue weighted by Crippen LogP contribution is 2.42. The molecule has 0 N–H and O–H groups in total. The van der Waals surface area contributed by atoms with Gasteiger partial charge in [0.2, 0.25) is 0 Å². The lowest BCUT2D eigenvalue weighted by Gasteiger charge is -2.19. The summed E-state index contributed by atoms with van der Waals surface area (Å²) >= 11 is 6.59. The maximum Gasteiger partial charge on any atom is 0.417 e. The number of unbranched alkanes of at least 4 members (excludes halogenated alkanes) is 18. The summed E-state index contributed by atoms with van der Waals surface area (Å²) in [5.41, 5.74) is -1.76. The van der Waals surface area contributed by atoms with Gasteiger partial charge in [-0.15, -0.1) is 0 Å². The average molecular weight is 945 g/mol. The Morgan fingerprint density at radius 3 is 1.00 bits per heavy atom. The van der Waals surface area contributed by atoms with Crippen LogP contribution in [0.4, 0.5) is 26.3 Å². The topological polar surface area (TPSA) is 18.5 Å². The van der Waals surface area contributed by atoms with Gasteiger partial charge in [-0.25, -0.2) is 0 Å². The highest BCUT2D eigenvalue weighted by Gasteiger charge is 2.36. The van der Waals surface area contributed by atoms with Crippen LogP contribution in [0.15, 0.2) is 69.6 Å². The Morgan fingerprint density at radius 1 is 0.448 bits per heavy atom. The van der Waals surface area contributed by atoms with Crippen molar-refractivity contribution in [1.82, 2.24) is 0 Å². The van der Waals surface area contributed by atoms with Gasteiger partial charge in [0.25, 0.3) is 0 Å². The van der Waals surface area contributed by atoms with Crippen molar-refractivity contribution < 1.29 is 35.8 Å². The lowest BCUT2D eigenvalue weighted by molar-refractivity contribution is -0.0692. The molecule has 322 valence electrons. The van der Waals surface area contributed by atoms with Crippen LogP contribution in [-0.4, -0.2) is 25.6 Å². The summed E-state index contributed by atoms with van der Waals surface area (Å²) in [7, 11) is 0. The molecule has 0 aromatic heterocycles. The minimum absolute atomic E-state index is 0.0530. The first kappa shape index (κ1) is 49.6. The summed E-state index contributed by atoms with van der Waals surface area (Å²) in [4.78, 5) is 0. The summed E-state index contributed by atoms with van der Waals surface area (Å²) in [6, 6.07) is 14.4. The van der Waals surface area contributed by atoms with Gasteiger partial charge >= 0.3 is 12.4 Å². The van der Waals surface area contributed by atoms with Crippen LogP contribution in [0.25, 0.3) is 23.3 Å². The number of alkyl halides is 6. The van der Waals surface area contributed by atoms with Gasteiger partial charge in [-0.1, -0.05) is 186 Å². The van der Waals surface area contributed by atoms with Gasteiger partial charge in [-0.05, 0) is 72.5 Å². The predicted molar refractivity (Wildman–Crippen MR) is 237 cm³/mol. The Labute approximate surface area is 360 Å². The fraction of sp³-hybridized carbons (Fsp3) is 0.542. The second-order valence-electron chi connectivity index (χ2n) is 15.1. The van der Waals surface area contributed by atoms with Crippen LogP contribution in [0.5, 0.6) is 11.5 Å². The van der Waals surface area contributed by atoms with E-state index in [0.29, 0.717) is 21.8 Å². The van der Waals surface area contributed by atoms with Crippen molar-refractivity contribution in [3.63, 3.8) is 0 Å². The van der Waals surface area contributed by atoms with E-state index in [2.05, 4.69) is 45.7 Å². The van der Waals surface area contributed by atoms with Crippen molar-refractivity contribution in [3.05, 3.63) is 91.9 Å². The van der Waals surface area contributed by atoms with Gasteiger partial charge in [0.1, 0.15) is 11.5 Å². The van der Waals surface area contributed by atoms with Gasteiger partial charge in [0.05, 0.1) is 24.4 Å². The fourth-order valence-electron chi connectivity index (χ4n) is 6.84. The van der Waals surface area contributed by atoms with E-state index < -0.39 is 23.5 Å². The quantitative estimate of drug-likeness (QED) is 0.0410. The van der Waals surface area contributed by atoms with E-state index in [1.807, 2.05) is 0 Å². The third-order valence-corrected chi connectivity index (χ3v) is 11.2. The molecule has 0 fully saturated rings. The maximum absolute atomic E-state index is 14.7. The minimum atomic E-state index is -4.73. The molecule has 58 heavy (non-hydrogen) atoms. The van der Waals surface area contributed by atoms with Gasteiger partial charge < -0.3 is 9.47 Å². The number of halogens is 8. The van der Waals surface area contributed by atoms with Crippen molar-refractivity contribution in [3.8, 4) is 11.5 Å². The minimum Gasteiger partial charge on any atom is -0.493 e. The predicted octanol–water partition coefficient (Wildman–Crippen LogP) is 18.0. The summed E-state index contributed by atoms with van der Waals surface area (Å²) in [6.45, 7) is 4.81. The van der Waals surface area contributed by atoms with Crippen LogP contribution in [0.1, 0.15) is 165 Å². The first-order valence-corrected chi connectivity index (χ1v) is 22.9. The first-order chi connectivity index (χ1) is 27.8. The van der Waals surface area contributed by atoms with Crippen molar-refractivity contribution in [2.45, 2.75) is 155 Å². The van der Waals surface area contributed by atoms with Crippen LogP contribution in [0.3, 0.4) is 0 Å². The monoisotopic (exact) mass is 942 g/mol. The second kappa shape index (κ2) is 27.2. The molecule has 3 aromatic carbocycles. The molecular formula is C48H62Br2F6O2. The number of allylic oxidation sites excluding steroid dienone is 2. The second-order valence-corrected chi connectivity index (χ2v) is 16.9. The fourth-order valence-corrected chi connectivity index (χ4v) is 7.37. The van der Waals surface area contributed by atoms with Crippen LogP contribution in [0, 0.1) is 0 Å². The highest BCUT2D eigenvalue weighted by atomic mass is 79.9. The molecule has 10 heteroatoms. The van der Waals surface area contributed by atoms with Crippen molar-refractivity contribution >= 4 is 55.2 Å². The highest BCUT2D eigenvalue weighted by molar-refractivity contribution is 9.10. The van der Waals surface area contributed by atoms with E-state index >= 15 is 0 Å². The Morgan fingerprint density at radius 2 is 0.724 bits per heavy atom. The largest absolute Gasteiger partial charge is 0.493 e. The lowest BCUT2D eigenvalue weighted by Crippen LogP contribution is -2.12. The van der Waals surface area contributed by atoms with Crippen LogP contribution < -0.4 is 9.47 Å². The summed E-state index contributed by atoms with van der Waals surface area (Å²) in [6.07, 6.45) is 14.5. The molecule has 3 aromatic rings. The van der Waals surface area contributed by atoms with Crippen LogP contribution >= 0.6 is 31.9 Å². The zero-order valence-electron chi connectivity index (χ0n) is 34.3. The molecule has 2 nitrogen and oxygen atoms in total. The molecule has 0 aliphatic heterocycles. The van der Waals surface area contributed by atoms with Crippen molar-refractivity contribution in [2.24, 2.45) is 0 Å². The smallest absolute Gasteiger partial charge is 0.417 e. The molecule has 0 saturated heterocycles. The van der Waals surface area contributed by atoms with Crippen molar-refractivity contribution in [1.29, 1.82) is 0 Å². The Balaban J connectivity index is 1.97. The average Bonchev–Trinajstić information content (AvgIpc) is 3.18. The number of benzene rings is 3. The third-order valence-electron chi connectivity index (χ3n) is 10.2. The van der Waals surface area contributed by atoms with E-state index in [4.69, 9.17) is 9.47 Å². The first-order valence-electron chi connectivity index (χ1n) is 21.4. The normalized spacial score (nSPS) is 12.7. The Hall–Kier alpha value is -2.72. The molecule has 0 bridgehead atoms. The van der Waals surface area contributed by atoms with E-state index in [1.165, 1.54) is 125 Å². The van der Waals surface area contributed by atoms with Crippen molar-refractivity contribution in [2.75, 3.05) is 13.2 Å². The van der Waals surface area contributed by atoms with Gasteiger partial charge in [0.15, 0.2) is 0 Å². The van der Waals surface area contributed by atoms with Crippen LogP contribution in [0.2, 0.25) is 0 Å². The van der Waals surface area contributed by atoms with Gasteiger partial charge in [0, 0.05) is 20.1 Å². The van der Waals surface area contributed by atoms with Gasteiger partial charge in [-0.3, -0.25) is 0 Å². The molecule has 0 radical (unpaired) electrons. The SMILES string of the molecule is CCCCCCCCCCCCOc1cc(/C=C(/c2ccc(Br)cc2)C(F)(F)F)c(OCCCCCCCCCCCC)cc1/C=C(/c1ccc(Br)cc1)C(F)(F)F. The molecular weight excluding hydrogens is 882 g/mol. The van der Waals surface area contributed by atoms with Gasteiger partial charge in [-0.2, -0.15) is 26.3 Å². The van der Waals surface area contributed by atoms with E-state index in [9.17, 15) is 26.3 Å². The number of ether oxygens (including phenoxy) is 2. The zero-order chi connectivity index (χ0) is 42.2. The summed E-state index contributed by atoms with van der Waals surface area (Å²) in [5.74, 6) is 0.120. The van der Waals surface area contributed by atoms with E-state index in [-0.39, 0.29) is 47.0 Å². The van der Waals surface area contributed by atoms with E-state index in [0.717, 1.165) is 63.5 Å². The zero-order valence-corrected chi connectivity index (χ0v) is 37.5. The molecule has 0 spiro atoms. The molecule has 0 heterocycles. The maximum atomic E-state index is 14.7. The standard InChI is InChI=1S/C48H62Br2F6O2/c1-3-5-7-9-11-13-15-17-19-21-31-57-45-35-40(34-44(48(54,55)56)38-25-29-42(50)30-26-38)46(58-32-22-20-18-16-14-12-10-8-6-4-2)36-39(45)33-43(47(51,52)53)37-23-27-41(49)28-24-37/h23-30,33-36H,3-22,31-32H2,1-2H3/b43-33-,44-34-. The summed E-state index contributed by atoms with van der Waals surface area (Å²) < 4.78 is 102. The molecule has 3 rings (SSSR count). The Kier molecular flexibility index (Phi) is 23.3. The third kappa shape index (κ3) is 19.1. The number of rotatable bonds is 28. The molecule has 0 amide bonds. The molecule has 0 atom stereocenters. The number of hydrogen-bond acceptors (Lipinski definition) is 2. The van der Waals surface area contributed by atoms with E-state index in [1.54, 1.807) is 0 Å². The molecule has 0 aliphatic carbocycles. The molecule has 0 aliphatic rings. The van der Waals surface area contributed by atoms with Crippen LogP contribution in [-0.2, 0) is 0 Å². The molecule has 0 unspecified atom stereocenters. The lowest BCUT2D eigenvalue weighted by atomic mass is 9.98. The Bertz CT molecular complexity index is 1520. The summed E-state index contributed by atoms with van der Waals surface area (Å²) in [5, 5.41) is 0.